The van der Waals surface area contributed by atoms with E-state index in [1.54, 1.807) is 29.2 Å². The molecular weight excluding hydrogens is 344 g/mol. The van der Waals surface area contributed by atoms with Gasteiger partial charge >= 0.3 is 0 Å². The molecular formula is C17H24N2O5S. The predicted molar refractivity (Wildman–Crippen MR) is 95.5 cm³/mol. The van der Waals surface area contributed by atoms with Crippen LogP contribution >= 0.6 is 0 Å². The molecule has 1 saturated heterocycles. The minimum atomic E-state index is -3.08. The van der Waals surface area contributed by atoms with Crippen LogP contribution in [0.1, 0.15) is 20.3 Å². The Bertz CT molecular complexity index is 747. The van der Waals surface area contributed by atoms with Crippen LogP contribution in [0.5, 0.6) is 5.75 Å². The first-order chi connectivity index (χ1) is 11.8. The molecule has 1 aromatic rings. The summed E-state index contributed by atoms with van der Waals surface area (Å²) < 4.78 is 28.5. The smallest absolute Gasteiger partial charge is 0.242 e. The molecule has 0 aromatic heterocycles. The van der Waals surface area contributed by atoms with Crippen molar-refractivity contribution in [1.82, 2.24) is 4.90 Å². The van der Waals surface area contributed by atoms with Gasteiger partial charge in [0.2, 0.25) is 11.8 Å². The molecule has 1 fully saturated rings. The van der Waals surface area contributed by atoms with Gasteiger partial charge in [0, 0.05) is 31.3 Å². The van der Waals surface area contributed by atoms with E-state index in [1.165, 1.54) is 18.9 Å². The van der Waals surface area contributed by atoms with Gasteiger partial charge in [-0.05, 0) is 25.5 Å². The summed E-state index contributed by atoms with van der Waals surface area (Å²) in [7, 11) is -1.55. The van der Waals surface area contributed by atoms with Crippen molar-refractivity contribution in [2.75, 3.05) is 36.6 Å². The van der Waals surface area contributed by atoms with Gasteiger partial charge in [0.25, 0.3) is 0 Å². The van der Waals surface area contributed by atoms with Gasteiger partial charge in [0.1, 0.15) is 12.3 Å². The number of anilines is 1. The van der Waals surface area contributed by atoms with Crippen LogP contribution in [0.2, 0.25) is 0 Å². The van der Waals surface area contributed by atoms with Crippen LogP contribution in [0.4, 0.5) is 5.69 Å². The predicted octanol–water partition coefficient (Wildman–Crippen LogP) is 1.08. The number of amides is 2. The Kier molecular flexibility index (Phi) is 6.05. The fourth-order valence-corrected chi connectivity index (χ4v) is 4.78. The summed E-state index contributed by atoms with van der Waals surface area (Å²) in [5, 5.41) is 0. The van der Waals surface area contributed by atoms with Crippen LogP contribution in [0, 0.1) is 0 Å². The van der Waals surface area contributed by atoms with Crippen molar-refractivity contribution in [1.29, 1.82) is 0 Å². The largest absolute Gasteiger partial charge is 0.497 e. The average molecular weight is 368 g/mol. The summed E-state index contributed by atoms with van der Waals surface area (Å²) in [4.78, 5) is 27.7. The minimum Gasteiger partial charge on any atom is -0.497 e. The van der Waals surface area contributed by atoms with E-state index in [0.717, 1.165) is 0 Å². The number of sulfone groups is 1. The van der Waals surface area contributed by atoms with Gasteiger partial charge in [0.15, 0.2) is 9.84 Å². The third-order valence-corrected chi connectivity index (χ3v) is 6.10. The van der Waals surface area contributed by atoms with Crippen molar-refractivity contribution in [3.8, 4) is 5.75 Å². The molecule has 1 aliphatic heterocycles. The van der Waals surface area contributed by atoms with E-state index in [-0.39, 0.29) is 35.9 Å². The number of ether oxygens (including phenoxy) is 1. The molecule has 0 aliphatic carbocycles. The van der Waals surface area contributed by atoms with E-state index in [4.69, 9.17) is 4.74 Å². The second-order valence-electron chi connectivity index (χ2n) is 6.04. The lowest BCUT2D eigenvalue weighted by molar-refractivity contribution is -0.132. The molecule has 0 bridgehead atoms. The number of carbonyl (C=O) groups is 2. The summed E-state index contributed by atoms with van der Waals surface area (Å²) in [5.41, 5.74) is 0.565. The van der Waals surface area contributed by atoms with Crippen molar-refractivity contribution in [2.45, 2.75) is 26.3 Å². The summed E-state index contributed by atoms with van der Waals surface area (Å²) in [6.45, 7) is 3.48. The van der Waals surface area contributed by atoms with Gasteiger partial charge in [0.05, 0.1) is 18.6 Å². The number of likely N-dealkylation sites (N-methyl/N-ethyl adjacent to an activating group) is 1. The summed E-state index contributed by atoms with van der Waals surface area (Å²) >= 11 is 0. The zero-order valence-electron chi connectivity index (χ0n) is 14.8. The Morgan fingerprint density at radius 3 is 2.56 bits per heavy atom. The molecule has 0 N–H and O–H groups in total. The Morgan fingerprint density at radius 2 is 2.04 bits per heavy atom. The molecule has 0 spiro atoms. The van der Waals surface area contributed by atoms with Gasteiger partial charge < -0.3 is 14.5 Å². The van der Waals surface area contributed by atoms with E-state index >= 15 is 0 Å². The molecule has 1 aromatic carbocycles. The average Bonchev–Trinajstić information content (AvgIpc) is 2.92. The number of methoxy groups -OCH3 is 1. The fourth-order valence-electron chi connectivity index (χ4n) is 3.05. The summed E-state index contributed by atoms with van der Waals surface area (Å²) in [5.74, 6) is 0.157. The quantitative estimate of drug-likeness (QED) is 0.750. The van der Waals surface area contributed by atoms with E-state index in [1.807, 2.05) is 6.92 Å². The summed E-state index contributed by atoms with van der Waals surface area (Å²) in [6.07, 6.45) is 0.446. The van der Waals surface area contributed by atoms with Gasteiger partial charge in [-0.2, -0.15) is 0 Å². The van der Waals surface area contributed by atoms with Crippen molar-refractivity contribution in [2.24, 2.45) is 0 Å². The van der Waals surface area contributed by atoms with Gasteiger partial charge in [-0.25, -0.2) is 8.42 Å². The maximum atomic E-state index is 12.7. The number of hydrogen-bond donors (Lipinski definition) is 0. The van der Waals surface area contributed by atoms with E-state index in [2.05, 4.69) is 0 Å². The lowest BCUT2D eigenvalue weighted by Gasteiger charge is -2.30. The second kappa shape index (κ2) is 7.86. The molecule has 0 radical (unpaired) electrons. The lowest BCUT2D eigenvalue weighted by atomic mass is 10.2. The fraction of sp³-hybridized carbons (Fsp3) is 0.529. The van der Waals surface area contributed by atoms with Gasteiger partial charge in [-0.15, -0.1) is 0 Å². The highest BCUT2D eigenvalue weighted by Gasteiger charge is 2.34. The topological polar surface area (TPSA) is 84.0 Å². The first kappa shape index (κ1) is 19.2. The maximum Gasteiger partial charge on any atom is 0.242 e. The van der Waals surface area contributed by atoms with Gasteiger partial charge in [-0.1, -0.05) is 6.07 Å². The Hall–Kier alpha value is -2.09. The summed E-state index contributed by atoms with van der Waals surface area (Å²) in [6, 6.07) is 6.60. The van der Waals surface area contributed by atoms with Crippen LogP contribution in [-0.2, 0) is 19.4 Å². The molecule has 8 heteroatoms. The van der Waals surface area contributed by atoms with Gasteiger partial charge in [-0.3, -0.25) is 9.59 Å². The highest BCUT2D eigenvalue weighted by Crippen LogP contribution is 2.22. The molecule has 138 valence electrons. The monoisotopic (exact) mass is 368 g/mol. The van der Waals surface area contributed by atoms with Crippen LogP contribution in [0.25, 0.3) is 0 Å². The van der Waals surface area contributed by atoms with E-state index in [0.29, 0.717) is 24.4 Å². The molecule has 0 saturated carbocycles. The van der Waals surface area contributed by atoms with Crippen molar-refractivity contribution < 1.29 is 22.7 Å². The molecule has 1 heterocycles. The Morgan fingerprint density at radius 1 is 1.32 bits per heavy atom. The number of benzene rings is 1. The molecule has 2 amide bonds. The third kappa shape index (κ3) is 4.72. The Labute approximate surface area is 148 Å². The van der Waals surface area contributed by atoms with Crippen molar-refractivity contribution in [3.63, 3.8) is 0 Å². The standard InChI is InChI=1S/C17H24N2O5S/c1-4-18(15-8-9-25(22,23)12-15)17(21)11-19(13(2)20)14-6-5-7-16(10-14)24-3/h5-7,10,15H,4,8-9,11-12H2,1-3H3. The van der Waals surface area contributed by atoms with Crippen LogP contribution < -0.4 is 9.64 Å². The number of carbonyl (C=O) groups excluding carboxylic acids is 2. The van der Waals surface area contributed by atoms with Crippen molar-refractivity contribution in [3.05, 3.63) is 24.3 Å². The number of nitrogens with zero attached hydrogens (tertiary/aromatic N) is 2. The number of hydrogen-bond acceptors (Lipinski definition) is 5. The molecule has 2 rings (SSSR count). The minimum absolute atomic E-state index is 0.00812. The molecule has 1 unspecified atom stereocenters. The zero-order valence-corrected chi connectivity index (χ0v) is 15.6. The molecule has 1 aliphatic rings. The highest BCUT2D eigenvalue weighted by molar-refractivity contribution is 7.91. The van der Waals surface area contributed by atoms with Crippen molar-refractivity contribution >= 4 is 27.3 Å². The lowest BCUT2D eigenvalue weighted by Crippen LogP contribution is -2.47. The number of rotatable bonds is 6. The van der Waals surface area contributed by atoms with E-state index in [9.17, 15) is 18.0 Å². The van der Waals surface area contributed by atoms with Crippen LogP contribution in [0.3, 0.4) is 0 Å². The second-order valence-corrected chi connectivity index (χ2v) is 8.27. The van der Waals surface area contributed by atoms with E-state index < -0.39 is 9.84 Å². The maximum absolute atomic E-state index is 12.7. The molecule has 1 atom stereocenters. The Balaban J connectivity index is 2.17. The van der Waals surface area contributed by atoms with Crippen LogP contribution in [0.15, 0.2) is 24.3 Å². The first-order valence-electron chi connectivity index (χ1n) is 8.19. The molecule has 25 heavy (non-hydrogen) atoms. The normalized spacial score (nSPS) is 18.6. The third-order valence-electron chi connectivity index (χ3n) is 4.35. The molecule has 7 nitrogen and oxygen atoms in total. The first-order valence-corrected chi connectivity index (χ1v) is 10.0. The van der Waals surface area contributed by atoms with Crippen LogP contribution in [-0.4, -0.2) is 62.9 Å². The highest BCUT2D eigenvalue weighted by atomic mass is 32.2. The zero-order chi connectivity index (χ0) is 18.6. The SMILES string of the molecule is CCN(C(=O)CN(C(C)=O)c1cccc(OC)c1)C1CCS(=O)(=O)C1.